The van der Waals surface area contributed by atoms with Crippen LogP contribution >= 0.6 is 0 Å². The average molecular weight is 443 g/mol. The molecule has 6 nitrogen and oxygen atoms in total. The Hall–Kier alpha value is -3.67. The maximum Gasteiger partial charge on any atom is 0.224 e. The number of aromatic nitrogens is 3. The third-order valence-corrected chi connectivity index (χ3v) is 5.90. The number of amides is 1. The maximum atomic E-state index is 12.6. The standard InChI is InChI=1S/C27H30N4O2/c1-6-33-23-13-9-21(10-14-23)29-25(32)16-15-24-18(3)26-20(5)30-31(27(26)28-19(24)4)22-11-7-17(2)8-12-22/h7-14H,6,15-16H2,1-5H3,(H,29,32). The predicted molar refractivity (Wildman–Crippen MR) is 132 cm³/mol. The highest BCUT2D eigenvalue weighted by atomic mass is 16.5. The summed E-state index contributed by atoms with van der Waals surface area (Å²) in [5, 5.41) is 8.79. The Balaban J connectivity index is 1.54. The Morgan fingerprint density at radius 2 is 1.67 bits per heavy atom. The number of rotatable bonds is 7. The van der Waals surface area contributed by atoms with Gasteiger partial charge in [0.15, 0.2) is 5.65 Å². The van der Waals surface area contributed by atoms with Crippen LogP contribution in [0.5, 0.6) is 5.75 Å². The lowest BCUT2D eigenvalue weighted by Crippen LogP contribution is -2.13. The van der Waals surface area contributed by atoms with Crippen LogP contribution in [0.15, 0.2) is 48.5 Å². The molecule has 4 rings (SSSR count). The van der Waals surface area contributed by atoms with Crippen LogP contribution in [-0.4, -0.2) is 27.3 Å². The largest absolute Gasteiger partial charge is 0.494 e. The van der Waals surface area contributed by atoms with Gasteiger partial charge in [-0.1, -0.05) is 17.7 Å². The van der Waals surface area contributed by atoms with Gasteiger partial charge in [0.25, 0.3) is 0 Å². The molecule has 2 heterocycles. The third kappa shape index (κ3) is 4.75. The number of nitrogens with zero attached hydrogens (tertiary/aromatic N) is 3. The van der Waals surface area contributed by atoms with E-state index < -0.39 is 0 Å². The molecule has 0 bridgehead atoms. The summed E-state index contributed by atoms with van der Waals surface area (Å²) >= 11 is 0. The van der Waals surface area contributed by atoms with Gasteiger partial charge >= 0.3 is 0 Å². The molecule has 1 amide bonds. The number of carbonyl (C=O) groups is 1. The molecule has 2 aromatic heterocycles. The number of hydrogen-bond donors (Lipinski definition) is 1. The van der Waals surface area contributed by atoms with E-state index in [4.69, 9.17) is 14.8 Å². The van der Waals surface area contributed by atoms with Crippen molar-refractivity contribution in [3.63, 3.8) is 0 Å². The lowest BCUT2D eigenvalue weighted by Gasteiger charge is -2.12. The summed E-state index contributed by atoms with van der Waals surface area (Å²) in [6.07, 6.45) is 1.01. The van der Waals surface area contributed by atoms with E-state index in [2.05, 4.69) is 43.4 Å². The number of fused-ring (bicyclic) bond motifs is 1. The normalized spacial score (nSPS) is 11.1. The van der Waals surface area contributed by atoms with Gasteiger partial charge in [-0.3, -0.25) is 4.79 Å². The highest BCUT2D eigenvalue weighted by Crippen LogP contribution is 2.28. The molecule has 0 fully saturated rings. The van der Waals surface area contributed by atoms with E-state index in [0.717, 1.165) is 50.7 Å². The Bertz CT molecular complexity index is 1290. The van der Waals surface area contributed by atoms with Crippen molar-refractivity contribution in [1.29, 1.82) is 0 Å². The van der Waals surface area contributed by atoms with Crippen LogP contribution < -0.4 is 10.1 Å². The number of ether oxygens (including phenoxy) is 1. The average Bonchev–Trinajstić information content (AvgIpc) is 3.11. The monoisotopic (exact) mass is 442 g/mol. The first-order chi connectivity index (χ1) is 15.9. The first-order valence-electron chi connectivity index (χ1n) is 11.3. The van der Waals surface area contributed by atoms with Crippen LogP contribution in [0.2, 0.25) is 0 Å². The van der Waals surface area contributed by atoms with Crippen LogP contribution in [0.1, 0.15) is 41.4 Å². The Morgan fingerprint density at radius 3 is 2.33 bits per heavy atom. The molecule has 0 saturated carbocycles. The lowest BCUT2D eigenvalue weighted by molar-refractivity contribution is -0.116. The summed E-state index contributed by atoms with van der Waals surface area (Å²) in [5.41, 5.74) is 7.94. The van der Waals surface area contributed by atoms with Crippen LogP contribution in [0.4, 0.5) is 5.69 Å². The van der Waals surface area contributed by atoms with E-state index in [9.17, 15) is 4.79 Å². The summed E-state index contributed by atoms with van der Waals surface area (Å²) in [6, 6.07) is 15.7. The zero-order valence-electron chi connectivity index (χ0n) is 19.9. The number of anilines is 1. The number of carbonyl (C=O) groups excluding carboxylic acids is 1. The van der Waals surface area contributed by atoms with E-state index in [1.165, 1.54) is 5.56 Å². The molecule has 2 aromatic carbocycles. The fourth-order valence-corrected chi connectivity index (χ4v) is 4.20. The second kappa shape index (κ2) is 9.45. The third-order valence-electron chi connectivity index (χ3n) is 5.90. The van der Waals surface area contributed by atoms with Crippen molar-refractivity contribution < 1.29 is 9.53 Å². The van der Waals surface area contributed by atoms with Crippen molar-refractivity contribution in [3.8, 4) is 11.4 Å². The highest BCUT2D eigenvalue weighted by Gasteiger charge is 2.18. The minimum atomic E-state index is -0.0230. The molecule has 0 aliphatic heterocycles. The second-order valence-corrected chi connectivity index (χ2v) is 8.34. The molecule has 33 heavy (non-hydrogen) atoms. The molecule has 0 aliphatic carbocycles. The molecular formula is C27H30N4O2. The predicted octanol–water partition coefficient (Wildman–Crippen LogP) is 5.62. The van der Waals surface area contributed by atoms with Crippen LogP contribution in [0.3, 0.4) is 0 Å². The van der Waals surface area contributed by atoms with Gasteiger partial charge < -0.3 is 10.1 Å². The molecule has 0 aliphatic rings. The highest BCUT2D eigenvalue weighted by molar-refractivity contribution is 5.91. The zero-order chi connectivity index (χ0) is 23.5. The van der Waals surface area contributed by atoms with Gasteiger partial charge in [0.05, 0.1) is 18.0 Å². The van der Waals surface area contributed by atoms with Crippen molar-refractivity contribution in [3.05, 3.63) is 76.6 Å². The quantitative estimate of drug-likeness (QED) is 0.403. The SMILES string of the molecule is CCOc1ccc(NC(=O)CCc2c(C)nc3c(c(C)nn3-c3ccc(C)cc3)c2C)cc1. The minimum Gasteiger partial charge on any atom is -0.494 e. The van der Waals surface area contributed by atoms with E-state index >= 15 is 0 Å². The van der Waals surface area contributed by atoms with Crippen molar-refractivity contribution in [2.24, 2.45) is 0 Å². The minimum absolute atomic E-state index is 0.0230. The Morgan fingerprint density at radius 1 is 0.970 bits per heavy atom. The molecule has 4 aromatic rings. The summed E-state index contributed by atoms with van der Waals surface area (Å²) in [4.78, 5) is 17.5. The first kappa shape index (κ1) is 22.5. The van der Waals surface area contributed by atoms with Gasteiger partial charge in [-0.2, -0.15) is 5.10 Å². The number of aryl methyl sites for hydroxylation is 4. The first-order valence-corrected chi connectivity index (χ1v) is 11.3. The Kier molecular flexibility index (Phi) is 6.45. The summed E-state index contributed by atoms with van der Waals surface area (Å²) in [7, 11) is 0. The molecule has 0 spiro atoms. The van der Waals surface area contributed by atoms with Crippen LogP contribution in [-0.2, 0) is 11.2 Å². The van der Waals surface area contributed by atoms with E-state index in [-0.39, 0.29) is 5.91 Å². The number of pyridine rings is 1. The Labute approximate surface area is 194 Å². The van der Waals surface area contributed by atoms with Gasteiger partial charge in [0.1, 0.15) is 5.75 Å². The number of nitrogens with one attached hydrogen (secondary N) is 1. The van der Waals surface area contributed by atoms with E-state index in [1.807, 2.05) is 49.7 Å². The lowest BCUT2D eigenvalue weighted by atomic mass is 9.99. The van der Waals surface area contributed by atoms with Crippen molar-refractivity contribution >= 4 is 22.6 Å². The molecule has 170 valence electrons. The van der Waals surface area contributed by atoms with Crippen LogP contribution in [0, 0.1) is 27.7 Å². The summed E-state index contributed by atoms with van der Waals surface area (Å²) < 4.78 is 7.36. The molecule has 1 N–H and O–H groups in total. The number of hydrogen-bond acceptors (Lipinski definition) is 4. The van der Waals surface area contributed by atoms with Gasteiger partial charge in [-0.15, -0.1) is 0 Å². The molecule has 0 unspecified atom stereocenters. The van der Waals surface area contributed by atoms with Gasteiger partial charge in [-0.25, -0.2) is 9.67 Å². The zero-order valence-corrected chi connectivity index (χ0v) is 19.9. The molecular weight excluding hydrogens is 412 g/mol. The molecule has 0 radical (unpaired) electrons. The van der Waals surface area contributed by atoms with Crippen molar-refractivity contribution in [2.75, 3.05) is 11.9 Å². The smallest absolute Gasteiger partial charge is 0.224 e. The molecule has 6 heteroatoms. The maximum absolute atomic E-state index is 12.6. The van der Waals surface area contributed by atoms with E-state index in [0.29, 0.717) is 19.4 Å². The van der Waals surface area contributed by atoms with E-state index in [1.54, 1.807) is 0 Å². The second-order valence-electron chi connectivity index (χ2n) is 8.34. The molecule has 0 atom stereocenters. The summed E-state index contributed by atoms with van der Waals surface area (Å²) in [6.45, 7) is 10.8. The van der Waals surface area contributed by atoms with Crippen molar-refractivity contribution in [2.45, 2.75) is 47.5 Å². The topological polar surface area (TPSA) is 69.0 Å². The van der Waals surface area contributed by atoms with Crippen molar-refractivity contribution in [1.82, 2.24) is 14.8 Å². The van der Waals surface area contributed by atoms with Gasteiger partial charge in [-0.05, 0) is 88.6 Å². The fourth-order valence-electron chi connectivity index (χ4n) is 4.20. The molecule has 0 saturated heterocycles. The van der Waals surface area contributed by atoms with Crippen LogP contribution in [0.25, 0.3) is 16.7 Å². The van der Waals surface area contributed by atoms with Gasteiger partial charge in [0, 0.05) is 23.2 Å². The fraction of sp³-hybridized carbons (Fsp3) is 0.296. The van der Waals surface area contributed by atoms with Gasteiger partial charge in [0.2, 0.25) is 5.91 Å². The number of benzene rings is 2. The summed E-state index contributed by atoms with van der Waals surface area (Å²) in [5.74, 6) is 0.771.